The highest BCUT2D eigenvalue weighted by Crippen LogP contribution is 2.22. The summed E-state index contributed by atoms with van der Waals surface area (Å²) < 4.78 is 13.0. The number of thiophene rings is 1. The molecule has 0 aliphatic carbocycles. The Balaban J connectivity index is 2.02. The Morgan fingerprint density at radius 1 is 1.38 bits per heavy atom. The molecule has 0 spiro atoms. The third kappa shape index (κ3) is 2.65. The second-order valence-electron chi connectivity index (χ2n) is 3.25. The van der Waals surface area contributed by atoms with Gasteiger partial charge < -0.3 is 10.4 Å². The maximum atomic E-state index is 13.0. The zero-order chi connectivity index (χ0) is 11.5. The van der Waals surface area contributed by atoms with Gasteiger partial charge in [0.15, 0.2) is 11.6 Å². The lowest BCUT2D eigenvalue weighted by Gasteiger charge is -2.05. The molecule has 0 unspecified atom stereocenters. The van der Waals surface area contributed by atoms with Gasteiger partial charge in [-0.1, -0.05) is 11.6 Å². The van der Waals surface area contributed by atoms with E-state index in [2.05, 4.69) is 5.32 Å². The van der Waals surface area contributed by atoms with Gasteiger partial charge in [-0.2, -0.15) is 0 Å². The summed E-state index contributed by atoms with van der Waals surface area (Å²) in [4.78, 5) is 1.07. The summed E-state index contributed by atoms with van der Waals surface area (Å²) in [6.45, 7) is 0.585. The molecule has 1 heterocycles. The maximum Gasteiger partial charge on any atom is 0.166 e. The van der Waals surface area contributed by atoms with Crippen molar-refractivity contribution in [3.63, 3.8) is 0 Å². The summed E-state index contributed by atoms with van der Waals surface area (Å²) in [6, 6.07) is 6.05. The van der Waals surface area contributed by atoms with E-state index in [-0.39, 0.29) is 5.75 Å². The van der Waals surface area contributed by atoms with E-state index >= 15 is 0 Å². The first-order chi connectivity index (χ1) is 7.65. The number of halogens is 2. The van der Waals surface area contributed by atoms with E-state index in [4.69, 9.17) is 16.7 Å². The van der Waals surface area contributed by atoms with Crippen molar-refractivity contribution in [1.82, 2.24) is 0 Å². The van der Waals surface area contributed by atoms with Crippen LogP contribution in [0.15, 0.2) is 29.6 Å². The van der Waals surface area contributed by atoms with E-state index in [0.717, 1.165) is 4.88 Å². The Hall–Kier alpha value is -1.26. The lowest BCUT2D eigenvalue weighted by atomic mass is 10.3. The van der Waals surface area contributed by atoms with E-state index in [1.807, 2.05) is 11.4 Å². The number of aromatic hydroxyl groups is 1. The molecule has 0 aliphatic rings. The summed E-state index contributed by atoms with van der Waals surface area (Å²) in [6.07, 6.45) is 0. The van der Waals surface area contributed by atoms with Crippen LogP contribution in [0.4, 0.5) is 10.1 Å². The molecule has 16 heavy (non-hydrogen) atoms. The van der Waals surface area contributed by atoms with Gasteiger partial charge in [0, 0.05) is 28.6 Å². The summed E-state index contributed by atoms with van der Waals surface area (Å²) in [7, 11) is 0. The second-order valence-corrected chi connectivity index (χ2v) is 4.68. The fourth-order valence-electron chi connectivity index (χ4n) is 1.25. The van der Waals surface area contributed by atoms with Gasteiger partial charge in [-0.25, -0.2) is 4.39 Å². The predicted octanol–water partition coefficient (Wildman–Crippen LogP) is 3.86. The van der Waals surface area contributed by atoms with Crippen molar-refractivity contribution in [3.05, 3.63) is 45.4 Å². The Morgan fingerprint density at radius 3 is 2.81 bits per heavy atom. The van der Waals surface area contributed by atoms with Gasteiger partial charge >= 0.3 is 0 Å². The van der Waals surface area contributed by atoms with Crippen molar-refractivity contribution >= 4 is 28.6 Å². The van der Waals surface area contributed by atoms with Gasteiger partial charge in [0.1, 0.15) is 0 Å². The molecule has 0 fully saturated rings. The van der Waals surface area contributed by atoms with Gasteiger partial charge in [0.2, 0.25) is 0 Å². The van der Waals surface area contributed by atoms with Crippen LogP contribution in [-0.2, 0) is 6.54 Å². The molecule has 0 radical (unpaired) electrons. The van der Waals surface area contributed by atoms with Crippen LogP contribution in [0.2, 0.25) is 5.02 Å². The van der Waals surface area contributed by atoms with Crippen molar-refractivity contribution in [2.45, 2.75) is 6.54 Å². The minimum absolute atomic E-state index is 0.343. The van der Waals surface area contributed by atoms with E-state index in [1.165, 1.54) is 23.5 Å². The van der Waals surface area contributed by atoms with Crippen LogP contribution < -0.4 is 5.32 Å². The Bertz CT molecular complexity index is 500. The van der Waals surface area contributed by atoms with Gasteiger partial charge in [-0.3, -0.25) is 0 Å². The summed E-state index contributed by atoms with van der Waals surface area (Å²) in [5, 5.41) is 14.6. The fourth-order valence-corrected chi connectivity index (χ4v) is 2.27. The molecule has 84 valence electrons. The summed E-state index contributed by atoms with van der Waals surface area (Å²) in [5.74, 6) is -0.973. The SMILES string of the molecule is Oc1ccc(NCc2cc(Cl)cs2)cc1F. The fraction of sp³-hybridized carbons (Fsp3) is 0.0909. The molecule has 5 heteroatoms. The second kappa shape index (κ2) is 4.72. The number of phenols is 1. The van der Waals surface area contributed by atoms with Crippen LogP contribution in [0, 0.1) is 5.82 Å². The highest BCUT2D eigenvalue weighted by Gasteiger charge is 2.02. The largest absolute Gasteiger partial charge is 0.505 e. The molecule has 2 nitrogen and oxygen atoms in total. The van der Waals surface area contributed by atoms with E-state index in [1.54, 1.807) is 6.07 Å². The predicted molar refractivity (Wildman–Crippen MR) is 64.7 cm³/mol. The highest BCUT2D eigenvalue weighted by atomic mass is 35.5. The molecule has 2 aromatic rings. The normalized spacial score (nSPS) is 10.4. The third-order valence-corrected chi connectivity index (χ3v) is 3.32. The molecular weight excluding hydrogens is 249 g/mol. The van der Waals surface area contributed by atoms with Crippen molar-refractivity contribution < 1.29 is 9.50 Å². The summed E-state index contributed by atoms with van der Waals surface area (Å²) in [5.41, 5.74) is 0.625. The van der Waals surface area contributed by atoms with E-state index in [0.29, 0.717) is 17.3 Å². The van der Waals surface area contributed by atoms with Crippen LogP contribution in [0.5, 0.6) is 5.75 Å². The molecule has 0 saturated carbocycles. The van der Waals surface area contributed by atoms with Crippen LogP contribution in [0.25, 0.3) is 0 Å². The highest BCUT2D eigenvalue weighted by molar-refractivity contribution is 7.10. The van der Waals surface area contributed by atoms with Gasteiger partial charge in [0.25, 0.3) is 0 Å². The minimum Gasteiger partial charge on any atom is -0.505 e. The lowest BCUT2D eigenvalue weighted by molar-refractivity contribution is 0.432. The number of hydrogen-bond donors (Lipinski definition) is 2. The molecule has 1 aromatic carbocycles. The summed E-state index contributed by atoms with van der Waals surface area (Å²) >= 11 is 7.32. The number of benzene rings is 1. The van der Waals surface area contributed by atoms with Crippen molar-refractivity contribution in [1.29, 1.82) is 0 Å². The van der Waals surface area contributed by atoms with Gasteiger partial charge in [0.05, 0.1) is 5.02 Å². The van der Waals surface area contributed by atoms with Crippen LogP contribution >= 0.6 is 22.9 Å². The quantitative estimate of drug-likeness (QED) is 0.819. The van der Waals surface area contributed by atoms with Crippen LogP contribution in [0.3, 0.4) is 0 Å². The minimum atomic E-state index is -0.630. The number of phenolic OH excluding ortho intramolecular Hbond substituents is 1. The number of nitrogens with one attached hydrogen (secondary N) is 1. The van der Waals surface area contributed by atoms with E-state index < -0.39 is 5.82 Å². The van der Waals surface area contributed by atoms with Crippen molar-refractivity contribution in [2.24, 2.45) is 0 Å². The molecule has 0 bridgehead atoms. The van der Waals surface area contributed by atoms with Crippen LogP contribution in [0.1, 0.15) is 4.88 Å². The Labute approximate surface area is 101 Å². The molecule has 0 saturated heterocycles. The topological polar surface area (TPSA) is 32.3 Å². The molecule has 2 rings (SSSR count). The number of hydrogen-bond acceptors (Lipinski definition) is 3. The van der Waals surface area contributed by atoms with Crippen molar-refractivity contribution in [2.75, 3.05) is 5.32 Å². The molecular formula is C11H9ClFNOS. The lowest BCUT2D eigenvalue weighted by Crippen LogP contribution is -1.97. The van der Waals surface area contributed by atoms with E-state index in [9.17, 15) is 4.39 Å². The Morgan fingerprint density at radius 2 is 2.19 bits per heavy atom. The standard InChI is InChI=1S/C11H9ClFNOS/c12-7-3-9(16-6-7)5-14-8-1-2-11(15)10(13)4-8/h1-4,6,14-15H,5H2. The first kappa shape index (κ1) is 11.2. The average molecular weight is 258 g/mol. The monoisotopic (exact) mass is 257 g/mol. The number of anilines is 1. The van der Waals surface area contributed by atoms with Crippen LogP contribution in [-0.4, -0.2) is 5.11 Å². The molecule has 0 amide bonds. The first-order valence-corrected chi connectivity index (χ1v) is 5.86. The average Bonchev–Trinajstić information content (AvgIpc) is 2.66. The van der Waals surface area contributed by atoms with Gasteiger partial charge in [-0.15, -0.1) is 11.3 Å². The molecule has 2 N–H and O–H groups in total. The van der Waals surface area contributed by atoms with Crippen molar-refractivity contribution in [3.8, 4) is 5.75 Å². The first-order valence-electron chi connectivity index (χ1n) is 4.60. The van der Waals surface area contributed by atoms with Gasteiger partial charge in [-0.05, 0) is 18.2 Å². The number of rotatable bonds is 3. The smallest absolute Gasteiger partial charge is 0.166 e. The zero-order valence-electron chi connectivity index (χ0n) is 8.21. The molecule has 0 aliphatic heterocycles. The zero-order valence-corrected chi connectivity index (χ0v) is 9.78. The molecule has 1 aromatic heterocycles. The maximum absolute atomic E-state index is 13.0. The Kier molecular flexibility index (Phi) is 3.31. The molecule has 0 atom stereocenters. The third-order valence-electron chi connectivity index (χ3n) is 2.04.